The van der Waals surface area contributed by atoms with Crippen LogP contribution >= 0.6 is 0 Å². The monoisotopic (exact) mass is 425 g/mol. The Morgan fingerprint density at radius 1 is 1.00 bits per heavy atom. The van der Waals surface area contributed by atoms with Gasteiger partial charge in [-0.25, -0.2) is 9.97 Å². The van der Waals surface area contributed by atoms with Gasteiger partial charge in [-0.05, 0) is 29.3 Å². The third-order valence-corrected chi connectivity index (χ3v) is 5.05. The number of aromatic nitrogens is 2. The molecule has 1 heterocycles. The molecule has 3 aromatic carbocycles. The minimum absolute atomic E-state index is 0.0266. The normalized spacial score (nSPS) is 10.5. The van der Waals surface area contributed by atoms with E-state index in [4.69, 9.17) is 15.2 Å². The summed E-state index contributed by atoms with van der Waals surface area (Å²) >= 11 is 0. The second kappa shape index (κ2) is 9.22. The highest BCUT2D eigenvalue weighted by Crippen LogP contribution is 2.40. The number of benzene rings is 3. The Balaban J connectivity index is 1.64. The van der Waals surface area contributed by atoms with Crippen molar-refractivity contribution in [3.63, 3.8) is 0 Å². The summed E-state index contributed by atoms with van der Waals surface area (Å²) in [5.41, 5.74) is 10.4. The third-order valence-electron chi connectivity index (χ3n) is 5.05. The van der Waals surface area contributed by atoms with Crippen molar-refractivity contribution in [2.45, 2.75) is 6.61 Å². The summed E-state index contributed by atoms with van der Waals surface area (Å²) in [4.78, 5) is 8.54. The van der Waals surface area contributed by atoms with E-state index in [1.165, 1.54) is 0 Å². The van der Waals surface area contributed by atoms with E-state index in [0.717, 1.165) is 16.7 Å². The lowest BCUT2D eigenvalue weighted by molar-refractivity contribution is 0.304. The topological polar surface area (TPSA) is 90.5 Å². The Hall–Kier alpha value is -4.32. The summed E-state index contributed by atoms with van der Waals surface area (Å²) in [6.45, 7) is 4.13. The molecule has 0 aliphatic carbocycles. The van der Waals surface area contributed by atoms with Crippen molar-refractivity contribution >= 4 is 12.0 Å². The molecule has 0 aliphatic heterocycles. The predicted molar refractivity (Wildman–Crippen MR) is 126 cm³/mol. The van der Waals surface area contributed by atoms with E-state index < -0.39 is 0 Å². The number of anilines is 1. The minimum Gasteiger partial charge on any atom is -0.507 e. The highest BCUT2D eigenvalue weighted by atomic mass is 16.5. The van der Waals surface area contributed by atoms with Crippen LogP contribution in [-0.2, 0) is 6.61 Å². The molecule has 0 unspecified atom stereocenters. The van der Waals surface area contributed by atoms with Crippen LogP contribution in [0.2, 0.25) is 0 Å². The molecule has 0 amide bonds. The average molecular weight is 425 g/mol. The zero-order valence-corrected chi connectivity index (χ0v) is 17.7. The van der Waals surface area contributed by atoms with Gasteiger partial charge in [0, 0.05) is 29.0 Å². The number of para-hydroxylation sites is 1. The Morgan fingerprint density at radius 3 is 2.50 bits per heavy atom. The van der Waals surface area contributed by atoms with E-state index in [9.17, 15) is 5.11 Å². The Labute approximate surface area is 186 Å². The maximum atomic E-state index is 10.8. The molecule has 0 spiro atoms. The number of hydrogen-bond donors (Lipinski definition) is 2. The smallest absolute Gasteiger partial charge is 0.220 e. The largest absolute Gasteiger partial charge is 0.507 e. The quantitative estimate of drug-likeness (QED) is 0.416. The number of nitrogen functional groups attached to an aromatic ring is 1. The minimum atomic E-state index is 0.0266. The third kappa shape index (κ3) is 4.39. The molecule has 0 radical (unpaired) electrons. The van der Waals surface area contributed by atoms with Crippen molar-refractivity contribution in [2.75, 3.05) is 12.8 Å². The number of aromatic hydroxyl groups is 1. The zero-order valence-electron chi connectivity index (χ0n) is 17.7. The first-order valence-electron chi connectivity index (χ1n) is 10.0. The fourth-order valence-corrected chi connectivity index (χ4v) is 3.38. The fraction of sp³-hybridized carbons (Fsp3) is 0.0769. The van der Waals surface area contributed by atoms with Crippen molar-refractivity contribution < 1.29 is 14.6 Å². The van der Waals surface area contributed by atoms with Crippen LogP contribution in [0.4, 0.5) is 5.95 Å². The van der Waals surface area contributed by atoms with Crippen LogP contribution in [0.5, 0.6) is 17.2 Å². The molecule has 1 aromatic heterocycles. The number of phenols is 1. The number of hydrogen-bond acceptors (Lipinski definition) is 6. The van der Waals surface area contributed by atoms with E-state index in [2.05, 4.69) is 16.5 Å². The first-order chi connectivity index (χ1) is 15.6. The lowest BCUT2D eigenvalue weighted by Crippen LogP contribution is -2.00. The maximum absolute atomic E-state index is 10.8. The first kappa shape index (κ1) is 20.9. The SMILES string of the molecule is C=Cc1ccc(COc2ccc(-c3nc(N)ncc3-c3ccccc3OC)c(O)c2)cc1. The molecule has 0 saturated carbocycles. The predicted octanol–water partition coefficient (Wildman–Crippen LogP) is 5.33. The van der Waals surface area contributed by atoms with Gasteiger partial charge in [0.2, 0.25) is 5.95 Å². The number of methoxy groups -OCH3 is 1. The van der Waals surface area contributed by atoms with E-state index in [1.54, 1.807) is 37.6 Å². The van der Waals surface area contributed by atoms with Crippen LogP contribution in [0.25, 0.3) is 28.5 Å². The summed E-state index contributed by atoms with van der Waals surface area (Å²) in [7, 11) is 1.60. The Kier molecular flexibility index (Phi) is 6.03. The standard InChI is InChI=1S/C26H23N3O3/c1-3-17-8-10-18(11-9-17)16-32-19-12-13-21(23(30)14-19)25-22(15-28-26(27)29-25)20-6-4-5-7-24(20)31-2/h3-15,30H,1,16H2,2H3,(H2,27,28,29). The van der Waals surface area contributed by atoms with Gasteiger partial charge in [-0.1, -0.05) is 55.1 Å². The molecule has 32 heavy (non-hydrogen) atoms. The number of ether oxygens (including phenoxy) is 2. The summed E-state index contributed by atoms with van der Waals surface area (Å²) in [5.74, 6) is 1.35. The van der Waals surface area contributed by atoms with Gasteiger partial charge in [0.1, 0.15) is 23.9 Å². The zero-order chi connectivity index (χ0) is 22.5. The molecule has 0 atom stereocenters. The van der Waals surface area contributed by atoms with E-state index in [1.807, 2.05) is 48.5 Å². The van der Waals surface area contributed by atoms with Crippen LogP contribution < -0.4 is 15.2 Å². The molecular formula is C26H23N3O3. The molecule has 0 saturated heterocycles. The number of rotatable bonds is 7. The van der Waals surface area contributed by atoms with Crippen LogP contribution in [0, 0.1) is 0 Å². The van der Waals surface area contributed by atoms with Gasteiger partial charge >= 0.3 is 0 Å². The molecule has 6 nitrogen and oxygen atoms in total. The van der Waals surface area contributed by atoms with Crippen molar-refractivity contribution in [3.05, 3.63) is 90.6 Å². The fourth-order valence-electron chi connectivity index (χ4n) is 3.38. The van der Waals surface area contributed by atoms with Crippen molar-refractivity contribution in [1.82, 2.24) is 9.97 Å². The average Bonchev–Trinajstić information content (AvgIpc) is 2.83. The van der Waals surface area contributed by atoms with Gasteiger partial charge in [-0.2, -0.15) is 0 Å². The van der Waals surface area contributed by atoms with Gasteiger partial charge in [-0.3, -0.25) is 0 Å². The van der Waals surface area contributed by atoms with Gasteiger partial charge in [0.25, 0.3) is 0 Å². The van der Waals surface area contributed by atoms with Gasteiger partial charge in [-0.15, -0.1) is 0 Å². The van der Waals surface area contributed by atoms with Crippen LogP contribution in [0.3, 0.4) is 0 Å². The molecule has 4 aromatic rings. The summed E-state index contributed by atoms with van der Waals surface area (Å²) in [6.07, 6.45) is 3.42. The maximum Gasteiger partial charge on any atom is 0.220 e. The lowest BCUT2D eigenvalue weighted by Gasteiger charge is -2.14. The molecule has 0 aliphatic rings. The summed E-state index contributed by atoms with van der Waals surface area (Å²) in [6, 6.07) is 20.6. The van der Waals surface area contributed by atoms with Gasteiger partial charge in [0.15, 0.2) is 0 Å². The molecule has 0 bridgehead atoms. The van der Waals surface area contributed by atoms with E-state index in [0.29, 0.717) is 34.9 Å². The van der Waals surface area contributed by atoms with Crippen LogP contribution in [0.1, 0.15) is 11.1 Å². The molecule has 6 heteroatoms. The van der Waals surface area contributed by atoms with Crippen LogP contribution in [-0.4, -0.2) is 22.2 Å². The second-order valence-corrected chi connectivity index (χ2v) is 7.10. The summed E-state index contributed by atoms with van der Waals surface area (Å²) < 4.78 is 11.3. The second-order valence-electron chi connectivity index (χ2n) is 7.10. The van der Waals surface area contributed by atoms with Gasteiger partial charge in [0.05, 0.1) is 12.8 Å². The molecule has 0 fully saturated rings. The van der Waals surface area contributed by atoms with Crippen LogP contribution in [0.15, 0.2) is 79.5 Å². The number of phenolic OH excluding ortho intramolecular Hbond substituents is 1. The van der Waals surface area contributed by atoms with Crippen molar-refractivity contribution in [2.24, 2.45) is 0 Å². The first-order valence-corrected chi connectivity index (χ1v) is 10.0. The van der Waals surface area contributed by atoms with Crippen molar-refractivity contribution in [1.29, 1.82) is 0 Å². The van der Waals surface area contributed by atoms with E-state index >= 15 is 0 Å². The van der Waals surface area contributed by atoms with Crippen molar-refractivity contribution in [3.8, 4) is 39.6 Å². The highest BCUT2D eigenvalue weighted by Gasteiger charge is 2.17. The van der Waals surface area contributed by atoms with Gasteiger partial charge < -0.3 is 20.3 Å². The molecular weight excluding hydrogens is 402 g/mol. The number of nitrogens with zero attached hydrogens (tertiary/aromatic N) is 2. The molecule has 3 N–H and O–H groups in total. The lowest BCUT2D eigenvalue weighted by atomic mass is 9.99. The highest BCUT2D eigenvalue weighted by molar-refractivity contribution is 5.86. The Bertz CT molecular complexity index is 1250. The molecule has 160 valence electrons. The molecule has 4 rings (SSSR count). The number of nitrogens with two attached hydrogens (primary N) is 1. The van der Waals surface area contributed by atoms with E-state index in [-0.39, 0.29) is 11.7 Å². The summed E-state index contributed by atoms with van der Waals surface area (Å²) in [5, 5.41) is 10.8. The Morgan fingerprint density at radius 2 is 1.78 bits per heavy atom.